The van der Waals surface area contributed by atoms with Crippen molar-refractivity contribution >= 4 is 0 Å². The van der Waals surface area contributed by atoms with E-state index < -0.39 is 0 Å². The van der Waals surface area contributed by atoms with Crippen LogP contribution in [0.4, 0.5) is 0 Å². The summed E-state index contributed by atoms with van der Waals surface area (Å²) >= 11 is 0. The van der Waals surface area contributed by atoms with E-state index in [1.165, 1.54) is 64.8 Å². The largest absolute Gasteiger partial charge is 0.313 e. The minimum Gasteiger partial charge on any atom is -0.313 e. The topological polar surface area (TPSA) is 18.5 Å². The molecule has 3 heteroatoms. The molecular formula is C14H29N3. The SMILES string of the molecule is CCC1CN(C)CCCN1C[C@@H]1CCCCN1. The lowest BCUT2D eigenvalue weighted by Gasteiger charge is -2.35. The number of hydrogen-bond donors (Lipinski definition) is 1. The average molecular weight is 239 g/mol. The molecule has 1 N–H and O–H groups in total. The molecule has 2 fully saturated rings. The molecule has 0 radical (unpaired) electrons. The minimum absolute atomic E-state index is 0.751. The third-order valence-electron chi connectivity index (χ3n) is 4.36. The summed E-state index contributed by atoms with van der Waals surface area (Å²) in [5.41, 5.74) is 0. The van der Waals surface area contributed by atoms with Crippen molar-refractivity contribution in [3.63, 3.8) is 0 Å². The maximum absolute atomic E-state index is 3.69. The van der Waals surface area contributed by atoms with Gasteiger partial charge in [-0.25, -0.2) is 0 Å². The van der Waals surface area contributed by atoms with Crippen LogP contribution in [-0.2, 0) is 0 Å². The lowest BCUT2D eigenvalue weighted by molar-refractivity contribution is 0.158. The molecule has 0 aliphatic carbocycles. The summed E-state index contributed by atoms with van der Waals surface area (Å²) in [7, 11) is 2.27. The Morgan fingerprint density at radius 2 is 2.06 bits per heavy atom. The highest BCUT2D eigenvalue weighted by Gasteiger charge is 2.24. The maximum Gasteiger partial charge on any atom is 0.0221 e. The third kappa shape index (κ3) is 3.94. The molecule has 0 aromatic carbocycles. The van der Waals surface area contributed by atoms with E-state index in [0.29, 0.717) is 0 Å². The van der Waals surface area contributed by atoms with Crippen molar-refractivity contribution in [3.8, 4) is 0 Å². The second kappa shape index (κ2) is 6.72. The fourth-order valence-electron chi connectivity index (χ4n) is 3.28. The first-order valence-electron chi connectivity index (χ1n) is 7.45. The van der Waals surface area contributed by atoms with Gasteiger partial charge in [0.05, 0.1) is 0 Å². The van der Waals surface area contributed by atoms with E-state index in [4.69, 9.17) is 0 Å². The van der Waals surface area contributed by atoms with Crippen molar-refractivity contribution in [1.29, 1.82) is 0 Å². The van der Waals surface area contributed by atoms with Gasteiger partial charge in [-0.15, -0.1) is 0 Å². The summed E-state index contributed by atoms with van der Waals surface area (Å²) in [6.07, 6.45) is 6.79. The van der Waals surface area contributed by atoms with Gasteiger partial charge >= 0.3 is 0 Å². The van der Waals surface area contributed by atoms with Crippen LogP contribution in [0.1, 0.15) is 39.0 Å². The van der Waals surface area contributed by atoms with Crippen LogP contribution in [0.5, 0.6) is 0 Å². The molecule has 2 atom stereocenters. The summed E-state index contributed by atoms with van der Waals surface area (Å²) in [5.74, 6) is 0. The highest BCUT2D eigenvalue weighted by molar-refractivity contribution is 4.83. The molecule has 3 nitrogen and oxygen atoms in total. The summed E-state index contributed by atoms with van der Waals surface area (Å²) in [4.78, 5) is 5.24. The van der Waals surface area contributed by atoms with Crippen molar-refractivity contribution in [2.24, 2.45) is 0 Å². The zero-order chi connectivity index (χ0) is 12.1. The smallest absolute Gasteiger partial charge is 0.0221 e. The molecule has 1 unspecified atom stereocenters. The number of hydrogen-bond acceptors (Lipinski definition) is 3. The Morgan fingerprint density at radius 1 is 1.18 bits per heavy atom. The number of piperidine rings is 1. The molecule has 0 aromatic heterocycles. The van der Waals surface area contributed by atoms with E-state index in [0.717, 1.165) is 12.1 Å². The molecule has 2 rings (SSSR count). The van der Waals surface area contributed by atoms with Crippen molar-refractivity contribution < 1.29 is 0 Å². The molecule has 0 bridgehead atoms. The second-order valence-corrected chi connectivity index (χ2v) is 5.82. The van der Waals surface area contributed by atoms with Gasteiger partial charge in [0.1, 0.15) is 0 Å². The van der Waals surface area contributed by atoms with E-state index in [-0.39, 0.29) is 0 Å². The Kier molecular flexibility index (Phi) is 5.26. The monoisotopic (exact) mass is 239 g/mol. The highest BCUT2D eigenvalue weighted by atomic mass is 15.2. The van der Waals surface area contributed by atoms with Gasteiger partial charge in [-0.2, -0.15) is 0 Å². The quantitative estimate of drug-likeness (QED) is 0.806. The zero-order valence-corrected chi connectivity index (χ0v) is 11.6. The zero-order valence-electron chi connectivity index (χ0n) is 11.6. The van der Waals surface area contributed by atoms with E-state index in [2.05, 4.69) is 29.1 Å². The third-order valence-corrected chi connectivity index (χ3v) is 4.36. The molecule has 0 saturated carbocycles. The normalized spacial score (nSPS) is 33.5. The number of likely N-dealkylation sites (N-methyl/N-ethyl adjacent to an activating group) is 1. The summed E-state index contributed by atoms with van der Waals surface area (Å²) in [6.45, 7) is 8.65. The van der Waals surface area contributed by atoms with Gasteiger partial charge in [0.15, 0.2) is 0 Å². The lowest BCUT2D eigenvalue weighted by atomic mass is 10.0. The van der Waals surface area contributed by atoms with Crippen LogP contribution >= 0.6 is 0 Å². The van der Waals surface area contributed by atoms with Crippen LogP contribution in [-0.4, -0.2) is 61.7 Å². The van der Waals surface area contributed by atoms with Gasteiger partial charge in [0, 0.05) is 25.2 Å². The van der Waals surface area contributed by atoms with Crippen molar-refractivity contribution in [2.75, 3.05) is 39.8 Å². The maximum atomic E-state index is 3.69. The Morgan fingerprint density at radius 3 is 2.76 bits per heavy atom. The molecule has 2 aliphatic rings. The molecule has 100 valence electrons. The Balaban J connectivity index is 1.87. The highest BCUT2D eigenvalue weighted by Crippen LogP contribution is 2.15. The van der Waals surface area contributed by atoms with Crippen LogP contribution in [0, 0.1) is 0 Å². The van der Waals surface area contributed by atoms with Gasteiger partial charge < -0.3 is 10.2 Å². The number of nitrogens with zero attached hydrogens (tertiary/aromatic N) is 2. The molecule has 2 aliphatic heterocycles. The van der Waals surface area contributed by atoms with Gasteiger partial charge in [0.2, 0.25) is 0 Å². The molecule has 2 saturated heterocycles. The molecule has 17 heavy (non-hydrogen) atoms. The van der Waals surface area contributed by atoms with Crippen molar-refractivity contribution in [3.05, 3.63) is 0 Å². The predicted octanol–water partition coefficient (Wildman–Crippen LogP) is 1.54. The van der Waals surface area contributed by atoms with Crippen LogP contribution in [0.3, 0.4) is 0 Å². The summed E-state index contributed by atoms with van der Waals surface area (Å²) < 4.78 is 0. The molecule has 0 aromatic rings. The van der Waals surface area contributed by atoms with E-state index in [1.54, 1.807) is 0 Å². The van der Waals surface area contributed by atoms with E-state index in [1.807, 2.05) is 0 Å². The lowest BCUT2D eigenvalue weighted by Crippen LogP contribution is -2.48. The molecule has 0 spiro atoms. The van der Waals surface area contributed by atoms with Crippen molar-refractivity contribution in [2.45, 2.75) is 51.1 Å². The predicted molar refractivity (Wildman–Crippen MR) is 73.4 cm³/mol. The Bertz CT molecular complexity index is 214. The first-order valence-corrected chi connectivity index (χ1v) is 7.45. The van der Waals surface area contributed by atoms with Crippen LogP contribution in [0.2, 0.25) is 0 Å². The summed E-state index contributed by atoms with van der Waals surface area (Å²) in [6, 6.07) is 1.52. The van der Waals surface area contributed by atoms with Gasteiger partial charge in [-0.3, -0.25) is 4.90 Å². The van der Waals surface area contributed by atoms with Crippen LogP contribution in [0.25, 0.3) is 0 Å². The molecule has 2 heterocycles. The van der Waals surface area contributed by atoms with Gasteiger partial charge in [-0.05, 0) is 52.4 Å². The first-order chi connectivity index (χ1) is 8.29. The first kappa shape index (κ1) is 13.3. The Labute approximate surface area is 107 Å². The van der Waals surface area contributed by atoms with Gasteiger partial charge in [0.25, 0.3) is 0 Å². The minimum atomic E-state index is 0.751. The fraction of sp³-hybridized carbons (Fsp3) is 1.00. The number of nitrogens with one attached hydrogen (secondary N) is 1. The van der Waals surface area contributed by atoms with Gasteiger partial charge in [-0.1, -0.05) is 13.3 Å². The Hall–Kier alpha value is -0.120. The summed E-state index contributed by atoms with van der Waals surface area (Å²) in [5, 5.41) is 3.69. The standard InChI is InChI=1S/C14H29N3/c1-3-14-12-16(2)9-6-10-17(14)11-13-7-4-5-8-15-13/h13-15H,3-12H2,1-2H3/t13-,14?/m0/s1. The molecule has 0 amide bonds. The van der Waals surface area contributed by atoms with Crippen LogP contribution < -0.4 is 5.32 Å². The molecular weight excluding hydrogens is 210 g/mol. The second-order valence-electron chi connectivity index (χ2n) is 5.82. The van der Waals surface area contributed by atoms with Crippen molar-refractivity contribution in [1.82, 2.24) is 15.1 Å². The van der Waals surface area contributed by atoms with E-state index >= 15 is 0 Å². The number of rotatable bonds is 3. The average Bonchev–Trinajstić information content (AvgIpc) is 2.52. The fourth-order valence-corrected chi connectivity index (χ4v) is 3.28. The van der Waals surface area contributed by atoms with E-state index in [9.17, 15) is 0 Å². The van der Waals surface area contributed by atoms with Crippen LogP contribution in [0.15, 0.2) is 0 Å².